The molecule has 0 fully saturated rings. The van der Waals surface area contributed by atoms with Crippen LogP contribution in [0.25, 0.3) is 22.5 Å². The highest BCUT2D eigenvalue weighted by Gasteiger charge is 2.11. The zero-order valence-electron chi connectivity index (χ0n) is 17.7. The van der Waals surface area contributed by atoms with E-state index in [0.29, 0.717) is 26.5 Å². The number of aromatic nitrogens is 2. The number of thiazole rings is 1. The quantitative estimate of drug-likeness (QED) is 0.287. The number of hydrogen-bond donors (Lipinski definition) is 1. The van der Waals surface area contributed by atoms with Crippen LogP contribution >= 0.6 is 34.7 Å². The second kappa shape index (κ2) is 10.6. The van der Waals surface area contributed by atoms with E-state index < -0.39 is 0 Å². The molecule has 164 valence electrons. The van der Waals surface area contributed by atoms with Crippen LogP contribution < -0.4 is 5.32 Å². The summed E-state index contributed by atoms with van der Waals surface area (Å²) in [5.74, 6) is 0.369. The molecule has 8 heteroatoms. The maximum absolute atomic E-state index is 12.4. The van der Waals surface area contributed by atoms with Crippen molar-refractivity contribution in [3.8, 4) is 28.6 Å². The Morgan fingerprint density at radius 3 is 2.45 bits per heavy atom. The van der Waals surface area contributed by atoms with E-state index >= 15 is 0 Å². The second-order valence-electron chi connectivity index (χ2n) is 7.22. The Balaban J connectivity index is 1.36. The number of nitrogens with zero attached hydrogens (tertiary/aromatic N) is 3. The van der Waals surface area contributed by atoms with Gasteiger partial charge in [0, 0.05) is 33.7 Å². The largest absolute Gasteiger partial charge is 0.302 e. The van der Waals surface area contributed by atoms with E-state index in [1.54, 1.807) is 18.2 Å². The van der Waals surface area contributed by atoms with Gasteiger partial charge in [-0.15, -0.1) is 23.1 Å². The number of pyridine rings is 1. The number of benzene rings is 2. The highest BCUT2D eigenvalue weighted by atomic mass is 35.5. The van der Waals surface area contributed by atoms with Crippen molar-refractivity contribution in [2.24, 2.45) is 0 Å². The van der Waals surface area contributed by atoms with Gasteiger partial charge in [-0.25, -0.2) is 9.97 Å². The summed E-state index contributed by atoms with van der Waals surface area (Å²) in [6.45, 7) is 2.04. The van der Waals surface area contributed by atoms with E-state index in [-0.39, 0.29) is 12.3 Å². The number of anilines is 1. The Kier molecular flexibility index (Phi) is 7.40. The fraction of sp³-hybridized carbons (Fsp3) is 0.120. The number of amides is 1. The molecule has 0 aliphatic rings. The molecule has 0 aliphatic carbocycles. The number of carbonyl (C=O) groups is 1. The predicted octanol–water partition coefficient (Wildman–Crippen LogP) is 6.83. The van der Waals surface area contributed by atoms with Crippen molar-refractivity contribution in [2.45, 2.75) is 18.4 Å². The van der Waals surface area contributed by atoms with Crippen molar-refractivity contribution in [3.63, 3.8) is 0 Å². The van der Waals surface area contributed by atoms with Gasteiger partial charge < -0.3 is 5.32 Å². The van der Waals surface area contributed by atoms with Gasteiger partial charge >= 0.3 is 0 Å². The first kappa shape index (κ1) is 23.0. The first-order valence-electron chi connectivity index (χ1n) is 10.1. The van der Waals surface area contributed by atoms with Crippen LogP contribution in [0.2, 0.25) is 5.02 Å². The van der Waals surface area contributed by atoms with Gasteiger partial charge in [0.1, 0.15) is 11.1 Å². The Hall–Kier alpha value is -3.18. The smallest absolute Gasteiger partial charge is 0.226 e. The molecule has 1 amide bonds. The SMILES string of the molecule is Cc1ccc(-c2csc(NC(=O)CCSc3nc(-c4ccc(Cl)cc4)ccc3C#N)n2)cc1. The van der Waals surface area contributed by atoms with Crippen molar-refractivity contribution in [1.29, 1.82) is 5.26 Å². The third-order valence-corrected chi connectivity index (χ3v) is 6.79. The summed E-state index contributed by atoms with van der Waals surface area (Å²) in [5, 5.41) is 16.0. The lowest BCUT2D eigenvalue weighted by molar-refractivity contribution is -0.115. The highest BCUT2D eigenvalue weighted by molar-refractivity contribution is 7.99. The highest BCUT2D eigenvalue weighted by Crippen LogP contribution is 2.28. The summed E-state index contributed by atoms with van der Waals surface area (Å²) in [6, 6.07) is 21.2. The number of aryl methyl sites for hydroxylation is 1. The summed E-state index contributed by atoms with van der Waals surface area (Å²) >= 11 is 8.75. The van der Waals surface area contributed by atoms with Gasteiger partial charge in [0.25, 0.3) is 0 Å². The zero-order valence-corrected chi connectivity index (χ0v) is 20.1. The summed E-state index contributed by atoms with van der Waals surface area (Å²) < 4.78 is 0. The van der Waals surface area contributed by atoms with Crippen LogP contribution in [-0.2, 0) is 4.79 Å². The van der Waals surface area contributed by atoms with Gasteiger partial charge in [0.15, 0.2) is 5.13 Å². The number of nitriles is 1. The molecule has 4 rings (SSSR count). The first-order chi connectivity index (χ1) is 16.0. The lowest BCUT2D eigenvalue weighted by Gasteiger charge is -2.07. The molecule has 2 heterocycles. The molecular formula is C25H19ClN4OS2. The number of thioether (sulfide) groups is 1. The Morgan fingerprint density at radius 2 is 1.73 bits per heavy atom. The third kappa shape index (κ3) is 5.99. The van der Waals surface area contributed by atoms with E-state index in [4.69, 9.17) is 11.6 Å². The molecule has 2 aromatic carbocycles. The molecule has 2 aromatic heterocycles. The van der Waals surface area contributed by atoms with E-state index in [0.717, 1.165) is 22.5 Å². The monoisotopic (exact) mass is 490 g/mol. The van der Waals surface area contributed by atoms with Crippen LogP contribution in [0, 0.1) is 18.3 Å². The molecule has 0 unspecified atom stereocenters. The van der Waals surface area contributed by atoms with Crippen molar-refractivity contribution in [2.75, 3.05) is 11.1 Å². The van der Waals surface area contributed by atoms with Crippen LogP contribution in [0.1, 0.15) is 17.5 Å². The normalized spacial score (nSPS) is 10.6. The van der Waals surface area contributed by atoms with E-state index in [1.807, 2.05) is 54.8 Å². The number of hydrogen-bond acceptors (Lipinski definition) is 6. The second-order valence-corrected chi connectivity index (χ2v) is 9.60. The van der Waals surface area contributed by atoms with E-state index in [1.165, 1.54) is 28.7 Å². The Bertz CT molecular complexity index is 1310. The Labute approximate surface area is 205 Å². The van der Waals surface area contributed by atoms with Crippen molar-refractivity contribution in [3.05, 3.63) is 82.2 Å². The number of rotatable bonds is 7. The minimum atomic E-state index is -0.125. The summed E-state index contributed by atoms with van der Waals surface area (Å²) in [7, 11) is 0. The molecule has 0 atom stereocenters. The molecule has 33 heavy (non-hydrogen) atoms. The topological polar surface area (TPSA) is 78.7 Å². The van der Waals surface area contributed by atoms with Crippen LogP contribution in [0.4, 0.5) is 5.13 Å². The Morgan fingerprint density at radius 1 is 1.03 bits per heavy atom. The summed E-state index contributed by atoms with van der Waals surface area (Å²) in [4.78, 5) is 21.5. The van der Waals surface area contributed by atoms with Gasteiger partial charge in [-0.05, 0) is 31.2 Å². The van der Waals surface area contributed by atoms with Gasteiger partial charge in [-0.1, -0.05) is 53.6 Å². The van der Waals surface area contributed by atoms with E-state index in [2.05, 4.69) is 21.4 Å². The average Bonchev–Trinajstić information content (AvgIpc) is 3.28. The van der Waals surface area contributed by atoms with Crippen LogP contribution in [0.3, 0.4) is 0 Å². The van der Waals surface area contributed by atoms with Crippen LogP contribution in [0.5, 0.6) is 0 Å². The van der Waals surface area contributed by atoms with Crippen molar-refractivity contribution in [1.82, 2.24) is 9.97 Å². The molecule has 5 nitrogen and oxygen atoms in total. The van der Waals surface area contributed by atoms with Gasteiger partial charge in [0.2, 0.25) is 5.91 Å². The minimum absolute atomic E-state index is 0.125. The maximum Gasteiger partial charge on any atom is 0.226 e. The standard InChI is InChI=1S/C25H19ClN4OS2/c1-16-2-4-18(5-3-16)22-15-33-25(29-22)30-23(31)12-13-32-24-19(14-27)8-11-21(28-24)17-6-9-20(26)10-7-17/h2-11,15H,12-13H2,1H3,(H,29,30,31). The molecule has 0 saturated carbocycles. The molecule has 0 aliphatic heterocycles. The van der Waals surface area contributed by atoms with Crippen LogP contribution in [0.15, 0.2) is 71.1 Å². The molecule has 0 bridgehead atoms. The maximum atomic E-state index is 12.4. The van der Waals surface area contributed by atoms with Crippen LogP contribution in [-0.4, -0.2) is 21.6 Å². The average molecular weight is 491 g/mol. The van der Waals surface area contributed by atoms with E-state index in [9.17, 15) is 10.1 Å². The summed E-state index contributed by atoms with van der Waals surface area (Å²) in [6.07, 6.45) is 0.280. The van der Waals surface area contributed by atoms with Gasteiger partial charge in [-0.2, -0.15) is 5.26 Å². The molecular weight excluding hydrogens is 472 g/mol. The number of halogens is 1. The number of carbonyl (C=O) groups excluding carboxylic acids is 1. The molecule has 0 radical (unpaired) electrons. The fourth-order valence-electron chi connectivity index (χ4n) is 3.03. The molecule has 4 aromatic rings. The van der Waals surface area contributed by atoms with Gasteiger partial charge in [-0.3, -0.25) is 4.79 Å². The zero-order chi connectivity index (χ0) is 23.2. The molecule has 1 N–H and O–H groups in total. The fourth-order valence-corrected chi connectivity index (χ4v) is 4.80. The minimum Gasteiger partial charge on any atom is -0.302 e. The van der Waals surface area contributed by atoms with Crippen molar-refractivity contribution >= 4 is 45.7 Å². The lowest BCUT2D eigenvalue weighted by atomic mass is 10.1. The first-order valence-corrected chi connectivity index (χ1v) is 12.4. The number of nitrogens with one attached hydrogen (secondary N) is 1. The van der Waals surface area contributed by atoms with Crippen molar-refractivity contribution < 1.29 is 4.79 Å². The lowest BCUT2D eigenvalue weighted by Crippen LogP contribution is -2.12. The molecule has 0 spiro atoms. The van der Waals surface area contributed by atoms with Gasteiger partial charge in [0.05, 0.1) is 17.0 Å². The third-order valence-electron chi connectivity index (χ3n) is 4.79. The summed E-state index contributed by atoms with van der Waals surface area (Å²) in [5.41, 5.74) is 5.20. The molecule has 0 saturated heterocycles. The predicted molar refractivity (Wildman–Crippen MR) is 136 cm³/mol.